The summed E-state index contributed by atoms with van der Waals surface area (Å²) in [7, 11) is 0. The second-order valence-corrected chi connectivity index (χ2v) is 11.6. The van der Waals surface area contributed by atoms with Crippen LogP contribution in [0.2, 0.25) is 0 Å². The van der Waals surface area contributed by atoms with Crippen molar-refractivity contribution in [3.63, 3.8) is 0 Å². The van der Waals surface area contributed by atoms with Gasteiger partial charge >= 0.3 is 5.97 Å². The lowest BCUT2D eigenvalue weighted by molar-refractivity contribution is -0.150. The van der Waals surface area contributed by atoms with Crippen LogP contribution in [0.15, 0.2) is 110 Å². The second-order valence-electron chi connectivity index (χ2n) is 11.6. The Kier molecular flexibility index (Phi) is 12.7. The summed E-state index contributed by atoms with van der Waals surface area (Å²) in [6.45, 7) is 7.81. The summed E-state index contributed by atoms with van der Waals surface area (Å²) in [6, 6.07) is 26.2. The zero-order valence-electron chi connectivity index (χ0n) is 25.9. The highest BCUT2D eigenvalue weighted by Crippen LogP contribution is 2.26. The summed E-state index contributed by atoms with van der Waals surface area (Å²) in [5.74, 6) is -1.86. The molecule has 2 N–H and O–H groups in total. The molecule has 45 heavy (non-hydrogen) atoms. The molecule has 3 aromatic carbocycles. The maximum Gasteiger partial charge on any atom is 0.309 e. The quantitative estimate of drug-likeness (QED) is 0.160. The van der Waals surface area contributed by atoms with Gasteiger partial charge in [0.15, 0.2) is 0 Å². The van der Waals surface area contributed by atoms with E-state index >= 15 is 0 Å². The SMILES string of the molecule is C=CCC[C@H](Cc1ccccc1)C(=O)OC[C@@H](NC(=O)[C@H](CC=C)CC(=O)N1Cc2ccccc2C[C@H]1CO)c1ccccc1. The van der Waals surface area contributed by atoms with Gasteiger partial charge in [0.05, 0.1) is 30.5 Å². The Morgan fingerprint density at radius 1 is 0.911 bits per heavy atom. The number of rotatable bonds is 16. The van der Waals surface area contributed by atoms with E-state index in [1.165, 1.54) is 0 Å². The summed E-state index contributed by atoms with van der Waals surface area (Å²) in [6.07, 6.45) is 6.11. The molecule has 0 fully saturated rings. The van der Waals surface area contributed by atoms with Gasteiger partial charge in [0.1, 0.15) is 6.61 Å². The van der Waals surface area contributed by atoms with Crippen molar-refractivity contribution in [2.75, 3.05) is 13.2 Å². The number of benzene rings is 3. The van der Waals surface area contributed by atoms with Gasteiger partial charge in [-0.1, -0.05) is 97.1 Å². The fourth-order valence-corrected chi connectivity index (χ4v) is 5.86. The van der Waals surface area contributed by atoms with Gasteiger partial charge in [-0.25, -0.2) is 0 Å². The number of ether oxygens (including phenoxy) is 1. The Morgan fingerprint density at radius 2 is 1.58 bits per heavy atom. The van der Waals surface area contributed by atoms with Crippen LogP contribution in [0.25, 0.3) is 0 Å². The number of aliphatic hydroxyl groups is 1. The average Bonchev–Trinajstić information content (AvgIpc) is 3.08. The van der Waals surface area contributed by atoms with Crippen molar-refractivity contribution in [2.24, 2.45) is 11.8 Å². The highest BCUT2D eigenvalue weighted by molar-refractivity contribution is 5.86. The lowest BCUT2D eigenvalue weighted by Crippen LogP contribution is -2.47. The van der Waals surface area contributed by atoms with Gasteiger partial charge in [-0.2, -0.15) is 0 Å². The van der Waals surface area contributed by atoms with E-state index in [2.05, 4.69) is 18.5 Å². The van der Waals surface area contributed by atoms with Crippen LogP contribution < -0.4 is 5.32 Å². The first kappa shape index (κ1) is 33.4. The van der Waals surface area contributed by atoms with E-state index in [9.17, 15) is 19.5 Å². The fourth-order valence-electron chi connectivity index (χ4n) is 5.86. The van der Waals surface area contributed by atoms with Gasteiger partial charge in [-0.05, 0) is 54.4 Å². The van der Waals surface area contributed by atoms with Crippen molar-refractivity contribution in [2.45, 2.75) is 57.2 Å². The number of amides is 2. The number of hydrogen-bond donors (Lipinski definition) is 2. The van der Waals surface area contributed by atoms with Crippen LogP contribution in [0, 0.1) is 11.8 Å². The number of allylic oxidation sites excluding steroid dienone is 2. The molecule has 0 saturated heterocycles. The number of carbonyl (C=O) groups excluding carboxylic acids is 3. The molecule has 0 bridgehead atoms. The van der Waals surface area contributed by atoms with Crippen LogP contribution in [0.1, 0.15) is 54.0 Å². The molecule has 3 aromatic rings. The number of hydrogen-bond acceptors (Lipinski definition) is 5. The Bertz CT molecular complexity index is 1420. The van der Waals surface area contributed by atoms with E-state index in [0.717, 1.165) is 22.3 Å². The largest absolute Gasteiger partial charge is 0.463 e. The monoisotopic (exact) mass is 608 g/mol. The van der Waals surface area contributed by atoms with Gasteiger partial charge in [0.25, 0.3) is 0 Å². The first-order chi connectivity index (χ1) is 21.9. The molecule has 4 atom stereocenters. The zero-order chi connectivity index (χ0) is 32.0. The molecule has 0 aromatic heterocycles. The second kappa shape index (κ2) is 17.1. The molecule has 0 radical (unpaired) electrons. The van der Waals surface area contributed by atoms with Crippen molar-refractivity contribution in [1.29, 1.82) is 0 Å². The molecule has 7 nitrogen and oxygen atoms in total. The van der Waals surface area contributed by atoms with Gasteiger partial charge in [-0.3, -0.25) is 14.4 Å². The minimum Gasteiger partial charge on any atom is -0.463 e. The summed E-state index contributed by atoms with van der Waals surface area (Å²) in [4.78, 5) is 42.3. The summed E-state index contributed by atoms with van der Waals surface area (Å²) >= 11 is 0. The van der Waals surface area contributed by atoms with E-state index in [-0.39, 0.29) is 49.4 Å². The van der Waals surface area contributed by atoms with Crippen LogP contribution in [0.5, 0.6) is 0 Å². The number of fused-ring (bicyclic) bond motifs is 1. The Labute approximate surface area is 266 Å². The minimum absolute atomic E-state index is 0.0292. The van der Waals surface area contributed by atoms with Crippen LogP contribution in [0.3, 0.4) is 0 Å². The van der Waals surface area contributed by atoms with Crippen LogP contribution in [-0.2, 0) is 38.5 Å². The fraction of sp³-hybridized carbons (Fsp3) is 0.342. The molecule has 0 aliphatic carbocycles. The van der Waals surface area contributed by atoms with Gasteiger partial charge in [0, 0.05) is 13.0 Å². The Hall–Kier alpha value is -4.49. The summed E-state index contributed by atoms with van der Waals surface area (Å²) < 4.78 is 5.86. The first-order valence-corrected chi connectivity index (χ1v) is 15.7. The average molecular weight is 609 g/mol. The first-order valence-electron chi connectivity index (χ1n) is 15.7. The van der Waals surface area contributed by atoms with E-state index in [1.54, 1.807) is 17.1 Å². The van der Waals surface area contributed by atoms with Gasteiger partial charge in [0.2, 0.25) is 11.8 Å². The molecular weight excluding hydrogens is 564 g/mol. The predicted octanol–water partition coefficient (Wildman–Crippen LogP) is 5.74. The van der Waals surface area contributed by atoms with Gasteiger partial charge in [-0.15, -0.1) is 13.2 Å². The molecule has 0 saturated carbocycles. The van der Waals surface area contributed by atoms with Crippen LogP contribution >= 0.6 is 0 Å². The third-order valence-electron chi connectivity index (χ3n) is 8.42. The third kappa shape index (κ3) is 9.50. The number of aliphatic hydroxyl groups excluding tert-OH is 1. The van der Waals surface area contributed by atoms with Crippen molar-refractivity contribution >= 4 is 17.8 Å². The normalized spacial score (nSPS) is 16.0. The Morgan fingerprint density at radius 3 is 2.24 bits per heavy atom. The molecule has 7 heteroatoms. The van der Waals surface area contributed by atoms with Crippen molar-refractivity contribution < 1.29 is 24.2 Å². The molecule has 2 amide bonds. The van der Waals surface area contributed by atoms with Crippen molar-refractivity contribution in [3.8, 4) is 0 Å². The number of carbonyl (C=O) groups is 3. The summed E-state index contributed by atoms with van der Waals surface area (Å²) in [5.41, 5.74) is 4.01. The number of nitrogens with zero attached hydrogens (tertiary/aromatic N) is 1. The molecule has 1 heterocycles. The maximum atomic E-state index is 13.7. The molecular formula is C38H44N2O5. The maximum absolute atomic E-state index is 13.7. The topological polar surface area (TPSA) is 95.9 Å². The number of nitrogens with one attached hydrogen (secondary N) is 1. The predicted molar refractivity (Wildman–Crippen MR) is 176 cm³/mol. The Balaban J connectivity index is 1.45. The standard InChI is InChI=1S/C38H44N2O5/c1-3-5-17-32(22-28-15-8-6-9-16-28)38(44)45-27-35(29-18-10-7-11-19-29)39-37(43)31(14-4-2)24-36(42)40-25-33-21-13-12-20-30(33)23-34(40)26-41/h3-4,6-13,15-16,18-21,31-32,34-35,41H,1-2,5,14,17,22-27H2,(H,39,43)/t31-,32-,34+,35-/m1/s1. The molecule has 1 aliphatic heterocycles. The lowest BCUT2D eigenvalue weighted by Gasteiger charge is -2.36. The molecule has 0 unspecified atom stereocenters. The van der Waals surface area contributed by atoms with Crippen LogP contribution in [-0.4, -0.2) is 47.0 Å². The third-order valence-corrected chi connectivity index (χ3v) is 8.42. The van der Waals surface area contributed by atoms with E-state index in [0.29, 0.717) is 38.6 Å². The molecule has 236 valence electrons. The van der Waals surface area contributed by atoms with Crippen molar-refractivity contribution in [3.05, 3.63) is 132 Å². The van der Waals surface area contributed by atoms with Gasteiger partial charge < -0.3 is 20.1 Å². The smallest absolute Gasteiger partial charge is 0.309 e. The minimum atomic E-state index is -0.674. The molecule has 0 spiro atoms. The number of esters is 1. The summed E-state index contributed by atoms with van der Waals surface area (Å²) in [5, 5.41) is 13.1. The zero-order valence-corrected chi connectivity index (χ0v) is 25.9. The van der Waals surface area contributed by atoms with Crippen molar-refractivity contribution in [1.82, 2.24) is 10.2 Å². The lowest BCUT2D eigenvalue weighted by atomic mass is 9.92. The van der Waals surface area contributed by atoms with E-state index in [4.69, 9.17) is 4.74 Å². The highest BCUT2D eigenvalue weighted by atomic mass is 16.5. The molecule has 1 aliphatic rings. The van der Waals surface area contributed by atoms with E-state index in [1.807, 2.05) is 84.9 Å². The highest BCUT2D eigenvalue weighted by Gasteiger charge is 2.33. The van der Waals surface area contributed by atoms with E-state index < -0.39 is 12.0 Å². The van der Waals surface area contributed by atoms with Crippen LogP contribution in [0.4, 0.5) is 0 Å². The molecule has 4 rings (SSSR count).